The second kappa shape index (κ2) is 5.71. The van der Waals surface area contributed by atoms with Gasteiger partial charge in [0, 0.05) is 44.0 Å². The Bertz CT molecular complexity index is 1250. The zero-order valence-electron chi connectivity index (χ0n) is 14.3. The standard InChI is InChI=1S/C22H17N3S/c1-13-9-16-10-15(7-8-19(16)25-13)18-12-26-21-17(11-24-22(23)20(18)21)14-5-3-2-4-6-14/h2-12,25H,1H3,(H2,23,24). The number of thiophene rings is 1. The number of H-pyrrole nitrogens is 1. The molecular formula is C22H17N3S. The van der Waals surface area contributed by atoms with E-state index in [0.717, 1.165) is 27.6 Å². The fourth-order valence-corrected chi connectivity index (χ4v) is 4.67. The maximum Gasteiger partial charge on any atom is 0.132 e. The maximum atomic E-state index is 6.29. The minimum absolute atomic E-state index is 0.585. The Balaban J connectivity index is 1.76. The molecule has 2 aromatic carbocycles. The summed E-state index contributed by atoms with van der Waals surface area (Å²) < 4.78 is 1.18. The molecule has 3 heterocycles. The molecule has 0 saturated carbocycles. The number of nitrogens with zero attached hydrogens (tertiary/aromatic N) is 1. The van der Waals surface area contributed by atoms with Crippen molar-refractivity contribution < 1.29 is 0 Å². The second-order valence-corrected chi connectivity index (χ2v) is 7.41. The molecule has 0 radical (unpaired) electrons. The summed E-state index contributed by atoms with van der Waals surface area (Å²) in [7, 11) is 0. The van der Waals surface area contributed by atoms with Gasteiger partial charge in [0.2, 0.25) is 0 Å². The third-order valence-corrected chi connectivity index (χ3v) is 5.79. The predicted molar refractivity (Wildman–Crippen MR) is 111 cm³/mol. The zero-order valence-corrected chi connectivity index (χ0v) is 15.1. The zero-order chi connectivity index (χ0) is 17.7. The monoisotopic (exact) mass is 355 g/mol. The first-order chi connectivity index (χ1) is 12.7. The van der Waals surface area contributed by atoms with Crippen molar-refractivity contribution in [3.63, 3.8) is 0 Å². The van der Waals surface area contributed by atoms with Crippen LogP contribution in [0.4, 0.5) is 5.82 Å². The highest BCUT2D eigenvalue weighted by molar-refractivity contribution is 7.18. The summed E-state index contributed by atoms with van der Waals surface area (Å²) in [6.07, 6.45) is 1.88. The van der Waals surface area contributed by atoms with Gasteiger partial charge in [0.05, 0.1) is 0 Å². The Morgan fingerprint density at radius 2 is 1.81 bits per heavy atom. The van der Waals surface area contributed by atoms with Gasteiger partial charge in [-0.15, -0.1) is 11.3 Å². The fraction of sp³-hybridized carbons (Fsp3) is 0.0455. The molecule has 3 nitrogen and oxygen atoms in total. The number of hydrogen-bond donors (Lipinski definition) is 2. The average molecular weight is 355 g/mol. The molecule has 0 atom stereocenters. The number of pyridine rings is 1. The van der Waals surface area contributed by atoms with Gasteiger partial charge in [-0.05, 0) is 41.6 Å². The first kappa shape index (κ1) is 15.2. The molecule has 0 aliphatic carbocycles. The summed E-state index contributed by atoms with van der Waals surface area (Å²) in [6.45, 7) is 2.08. The van der Waals surface area contributed by atoms with Crippen LogP contribution in [0.25, 0.3) is 43.2 Å². The van der Waals surface area contributed by atoms with E-state index in [1.165, 1.54) is 21.3 Å². The lowest BCUT2D eigenvalue weighted by atomic mass is 10.0. The normalized spacial score (nSPS) is 11.4. The number of fused-ring (bicyclic) bond motifs is 2. The molecule has 4 heteroatoms. The van der Waals surface area contributed by atoms with Crippen molar-refractivity contribution in [2.45, 2.75) is 6.92 Å². The van der Waals surface area contributed by atoms with E-state index >= 15 is 0 Å². The van der Waals surface area contributed by atoms with Gasteiger partial charge >= 0.3 is 0 Å². The Labute approximate surface area is 155 Å². The molecule has 5 rings (SSSR count). The van der Waals surface area contributed by atoms with Crippen LogP contribution in [0.1, 0.15) is 5.69 Å². The highest BCUT2D eigenvalue weighted by atomic mass is 32.1. The first-order valence-corrected chi connectivity index (χ1v) is 9.39. The Morgan fingerprint density at radius 1 is 0.962 bits per heavy atom. The lowest BCUT2D eigenvalue weighted by molar-refractivity contribution is 1.30. The Kier molecular flexibility index (Phi) is 3.33. The van der Waals surface area contributed by atoms with Gasteiger partial charge in [0.15, 0.2) is 0 Å². The Morgan fingerprint density at radius 3 is 2.65 bits per heavy atom. The van der Waals surface area contributed by atoms with Crippen molar-refractivity contribution >= 4 is 38.1 Å². The molecule has 0 saturated heterocycles. The highest BCUT2D eigenvalue weighted by Crippen LogP contribution is 2.42. The molecular weight excluding hydrogens is 338 g/mol. The fourth-order valence-electron chi connectivity index (χ4n) is 3.55. The summed E-state index contributed by atoms with van der Waals surface area (Å²) >= 11 is 1.73. The van der Waals surface area contributed by atoms with E-state index in [2.05, 4.69) is 58.7 Å². The average Bonchev–Trinajstić information content (AvgIpc) is 3.25. The van der Waals surface area contributed by atoms with Crippen molar-refractivity contribution in [3.8, 4) is 22.3 Å². The van der Waals surface area contributed by atoms with Crippen LogP contribution >= 0.6 is 11.3 Å². The maximum absolute atomic E-state index is 6.29. The van der Waals surface area contributed by atoms with E-state index in [9.17, 15) is 0 Å². The molecule has 3 N–H and O–H groups in total. The van der Waals surface area contributed by atoms with E-state index in [4.69, 9.17) is 5.73 Å². The van der Waals surface area contributed by atoms with Gasteiger partial charge in [0.25, 0.3) is 0 Å². The van der Waals surface area contributed by atoms with Crippen LogP contribution in [-0.2, 0) is 0 Å². The molecule has 0 amide bonds. The number of nitrogens with one attached hydrogen (secondary N) is 1. The van der Waals surface area contributed by atoms with Crippen molar-refractivity contribution in [1.82, 2.24) is 9.97 Å². The van der Waals surface area contributed by atoms with Crippen molar-refractivity contribution in [1.29, 1.82) is 0 Å². The minimum Gasteiger partial charge on any atom is -0.383 e. The summed E-state index contributed by atoms with van der Waals surface area (Å²) in [5.41, 5.74) is 13.2. The number of nitrogens with two attached hydrogens (primary N) is 1. The second-order valence-electron chi connectivity index (χ2n) is 6.53. The first-order valence-electron chi connectivity index (χ1n) is 8.51. The van der Waals surface area contributed by atoms with Crippen LogP contribution < -0.4 is 5.73 Å². The lowest BCUT2D eigenvalue weighted by Crippen LogP contribution is -1.92. The number of aromatic nitrogens is 2. The van der Waals surface area contributed by atoms with Gasteiger partial charge in [-0.1, -0.05) is 36.4 Å². The van der Waals surface area contributed by atoms with Crippen molar-refractivity contribution in [3.05, 3.63) is 71.9 Å². The molecule has 5 aromatic rings. The van der Waals surface area contributed by atoms with E-state index in [1.807, 2.05) is 24.4 Å². The third kappa shape index (κ3) is 2.30. The molecule has 0 fully saturated rings. The largest absolute Gasteiger partial charge is 0.383 e. The SMILES string of the molecule is Cc1cc2cc(-c3csc4c(-c5ccccc5)cnc(N)c34)ccc2[nH]1. The van der Waals surface area contributed by atoms with Crippen LogP contribution in [0.5, 0.6) is 0 Å². The number of hydrogen-bond acceptors (Lipinski definition) is 3. The summed E-state index contributed by atoms with van der Waals surface area (Å²) in [4.78, 5) is 7.86. The van der Waals surface area contributed by atoms with E-state index < -0.39 is 0 Å². The topological polar surface area (TPSA) is 54.7 Å². The number of aryl methyl sites for hydroxylation is 1. The van der Waals surface area contributed by atoms with Gasteiger partial charge in [-0.3, -0.25) is 0 Å². The number of nitrogen functional groups attached to an aromatic ring is 1. The quantitative estimate of drug-likeness (QED) is 0.408. The highest BCUT2D eigenvalue weighted by Gasteiger charge is 2.15. The van der Waals surface area contributed by atoms with E-state index in [1.54, 1.807) is 11.3 Å². The number of anilines is 1. The van der Waals surface area contributed by atoms with Gasteiger partial charge in [0.1, 0.15) is 5.82 Å². The number of aromatic amines is 1. The minimum atomic E-state index is 0.585. The van der Waals surface area contributed by atoms with Gasteiger partial charge in [-0.2, -0.15) is 0 Å². The molecule has 0 bridgehead atoms. The molecule has 0 unspecified atom stereocenters. The Hall–Kier alpha value is -3.11. The van der Waals surface area contributed by atoms with Crippen molar-refractivity contribution in [2.75, 3.05) is 5.73 Å². The van der Waals surface area contributed by atoms with Crippen LogP contribution in [0, 0.1) is 6.92 Å². The van der Waals surface area contributed by atoms with Crippen molar-refractivity contribution in [2.24, 2.45) is 0 Å². The molecule has 3 aromatic heterocycles. The number of benzene rings is 2. The summed E-state index contributed by atoms with van der Waals surface area (Å²) in [6, 6.07) is 19.0. The van der Waals surface area contributed by atoms with E-state index in [0.29, 0.717) is 5.82 Å². The van der Waals surface area contributed by atoms with Crippen LogP contribution in [0.2, 0.25) is 0 Å². The van der Waals surface area contributed by atoms with Crippen LogP contribution in [-0.4, -0.2) is 9.97 Å². The van der Waals surface area contributed by atoms with Crippen LogP contribution in [0.3, 0.4) is 0 Å². The molecule has 0 aliphatic heterocycles. The molecule has 126 valence electrons. The predicted octanol–water partition coefficient (Wildman–Crippen LogP) is 6.00. The smallest absolute Gasteiger partial charge is 0.132 e. The summed E-state index contributed by atoms with van der Waals surface area (Å²) in [5, 5.41) is 4.45. The lowest BCUT2D eigenvalue weighted by Gasteiger charge is -2.07. The molecule has 0 spiro atoms. The molecule has 26 heavy (non-hydrogen) atoms. The van der Waals surface area contributed by atoms with E-state index in [-0.39, 0.29) is 0 Å². The van der Waals surface area contributed by atoms with Gasteiger partial charge in [-0.25, -0.2) is 4.98 Å². The summed E-state index contributed by atoms with van der Waals surface area (Å²) in [5.74, 6) is 0.585. The number of rotatable bonds is 2. The van der Waals surface area contributed by atoms with Crippen LogP contribution in [0.15, 0.2) is 66.2 Å². The van der Waals surface area contributed by atoms with Gasteiger partial charge < -0.3 is 10.7 Å². The third-order valence-electron chi connectivity index (χ3n) is 4.78. The molecule has 0 aliphatic rings.